The van der Waals surface area contributed by atoms with Gasteiger partial charge in [0.05, 0.1) is 22.8 Å². The Morgan fingerprint density at radius 3 is 2.55 bits per heavy atom. The van der Waals surface area contributed by atoms with E-state index in [2.05, 4.69) is 15.7 Å². The van der Waals surface area contributed by atoms with Crippen molar-refractivity contribution < 1.29 is 9.13 Å². The molecule has 0 spiro atoms. The highest BCUT2D eigenvalue weighted by Crippen LogP contribution is 2.33. The summed E-state index contributed by atoms with van der Waals surface area (Å²) in [7, 11) is 1.43. The molecule has 1 heterocycles. The van der Waals surface area contributed by atoms with Crippen molar-refractivity contribution in [3.8, 4) is 5.75 Å². The lowest BCUT2D eigenvalue weighted by Crippen LogP contribution is -2.10. The van der Waals surface area contributed by atoms with Crippen molar-refractivity contribution in [1.29, 1.82) is 0 Å². The van der Waals surface area contributed by atoms with Crippen LogP contribution in [0.15, 0.2) is 24.3 Å². The van der Waals surface area contributed by atoms with Gasteiger partial charge in [-0.2, -0.15) is 0 Å². The van der Waals surface area contributed by atoms with E-state index in [4.69, 9.17) is 33.8 Å². The summed E-state index contributed by atoms with van der Waals surface area (Å²) in [6.45, 7) is 0. The lowest BCUT2D eigenvalue weighted by atomic mass is 10.2. The first-order valence-electron chi connectivity index (χ1n) is 5.48. The molecule has 0 atom stereocenters. The Labute approximate surface area is 124 Å². The Balaban J connectivity index is 2.39. The molecule has 106 valence electrons. The monoisotopic (exact) mass is 316 g/mol. The third-order valence-corrected chi connectivity index (χ3v) is 3.06. The molecule has 0 amide bonds. The Hall–Kier alpha value is -1.76. The summed E-state index contributed by atoms with van der Waals surface area (Å²) >= 11 is 11.9. The fourth-order valence-corrected chi connectivity index (χ4v) is 2.01. The number of hydrogen-bond acceptors (Lipinski definition) is 5. The van der Waals surface area contributed by atoms with E-state index in [1.165, 1.54) is 31.4 Å². The van der Waals surface area contributed by atoms with Gasteiger partial charge in [-0.3, -0.25) is 0 Å². The molecule has 1 aromatic carbocycles. The van der Waals surface area contributed by atoms with Gasteiger partial charge in [0.2, 0.25) is 0 Å². The maximum Gasteiger partial charge on any atom is 0.161 e. The van der Waals surface area contributed by atoms with Crippen molar-refractivity contribution in [1.82, 2.24) is 4.98 Å². The number of benzene rings is 1. The van der Waals surface area contributed by atoms with Gasteiger partial charge in [0.1, 0.15) is 11.6 Å². The zero-order chi connectivity index (χ0) is 14.7. The van der Waals surface area contributed by atoms with Crippen LogP contribution in [0.3, 0.4) is 0 Å². The van der Waals surface area contributed by atoms with Crippen LogP contribution in [0, 0.1) is 5.82 Å². The van der Waals surface area contributed by atoms with Gasteiger partial charge in [-0.25, -0.2) is 15.2 Å². The van der Waals surface area contributed by atoms with Gasteiger partial charge in [-0.15, -0.1) is 0 Å². The minimum absolute atomic E-state index is 0.264. The SMILES string of the molecule is COc1cc(F)ccc1Nc1nc(NN)c(Cl)cc1Cl. The summed E-state index contributed by atoms with van der Waals surface area (Å²) in [6.07, 6.45) is 0. The van der Waals surface area contributed by atoms with Crippen molar-refractivity contribution >= 4 is 40.5 Å². The number of ether oxygens (including phenoxy) is 1. The van der Waals surface area contributed by atoms with E-state index in [-0.39, 0.29) is 10.8 Å². The van der Waals surface area contributed by atoms with Crippen LogP contribution in [0.2, 0.25) is 10.0 Å². The molecule has 8 heteroatoms. The van der Waals surface area contributed by atoms with Crippen LogP contribution in [0.25, 0.3) is 0 Å². The highest BCUT2D eigenvalue weighted by molar-refractivity contribution is 6.37. The van der Waals surface area contributed by atoms with Gasteiger partial charge < -0.3 is 15.5 Å². The predicted octanol–water partition coefficient (Wildman–Crippen LogP) is 3.57. The van der Waals surface area contributed by atoms with E-state index < -0.39 is 5.82 Å². The molecule has 0 unspecified atom stereocenters. The zero-order valence-corrected chi connectivity index (χ0v) is 11.9. The van der Waals surface area contributed by atoms with Crippen LogP contribution in [-0.4, -0.2) is 12.1 Å². The van der Waals surface area contributed by atoms with Crippen molar-refractivity contribution in [2.45, 2.75) is 0 Å². The lowest BCUT2D eigenvalue weighted by Gasteiger charge is -2.13. The van der Waals surface area contributed by atoms with Crippen LogP contribution >= 0.6 is 23.2 Å². The molecule has 0 saturated heterocycles. The highest BCUT2D eigenvalue weighted by Gasteiger charge is 2.11. The summed E-state index contributed by atoms with van der Waals surface area (Å²) in [4.78, 5) is 4.12. The fourth-order valence-electron chi connectivity index (χ4n) is 1.55. The van der Waals surface area contributed by atoms with Crippen LogP contribution in [0.4, 0.5) is 21.7 Å². The van der Waals surface area contributed by atoms with Crippen LogP contribution in [0.1, 0.15) is 0 Å². The number of aromatic nitrogens is 1. The molecule has 0 aliphatic rings. The van der Waals surface area contributed by atoms with Crippen molar-refractivity contribution in [2.75, 3.05) is 17.9 Å². The lowest BCUT2D eigenvalue weighted by molar-refractivity contribution is 0.413. The summed E-state index contributed by atoms with van der Waals surface area (Å²) in [6, 6.07) is 5.53. The third kappa shape index (κ3) is 3.04. The number of halogens is 3. The van der Waals surface area contributed by atoms with E-state index >= 15 is 0 Å². The minimum Gasteiger partial charge on any atom is -0.494 e. The average Bonchev–Trinajstić information content (AvgIpc) is 2.43. The van der Waals surface area contributed by atoms with E-state index in [0.29, 0.717) is 22.3 Å². The van der Waals surface area contributed by atoms with Gasteiger partial charge in [-0.1, -0.05) is 23.2 Å². The van der Waals surface area contributed by atoms with Gasteiger partial charge in [0.15, 0.2) is 11.6 Å². The first-order valence-corrected chi connectivity index (χ1v) is 6.24. The molecule has 0 bridgehead atoms. The first-order chi connectivity index (χ1) is 9.55. The molecule has 2 aromatic rings. The number of nitrogens with zero attached hydrogens (tertiary/aromatic N) is 1. The Bertz CT molecular complexity index is 639. The number of nitrogens with one attached hydrogen (secondary N) is 2. The Kier molecular flexibility index (Phi) is 4.49. The molecule has 0 aliphatic carbocycles. The van der Waals surface area contributed by atoms with E-state index in [0.717, 1.165) is 0 Å². The van der Waals surface area contributed by atoms with Gasteiger partial charge >= 0.3 is 0 Å². The number of hydrazine groups is 1. The van der Waals surface area contributed by atoms with Gasteiger partial charge in [0.25, 0.3) is 0 Å². The Morgan fingerprint density at radius 2 is 1.90 bits per heavy atom. The second kappa shape index (κ2) is 6.13. The number of hydrogen-bond donors (Lipinski definition) is 3. The second-order valence-electron chi connectivity index (χ2n) is 3.76. The van der Waals surface area contributed by atoms with E-state index in [9.17, 15) is 4.39 Å². The second-order valence-corrected chi connectivity index (χ2v) is 4.58. The maximum atomic E-state index is 13.1. The van der Waals surface area contributed by atoms with Crippen LogP contribution in [-0.2, 0) is 0 Å². The molecule has 2 rings (SSSR count). The van der Waals surface area contributed by atoms with Crippen molar-refractivity contribution in [2.24, 2.45) is 5.84 Å². The number of nitrogens with two attached hydrogens (primary N) is 1. The summed E-state index contributed by atoms with van der Waals surface area (Å²) in [5, 5.41) is 3.51. The quantitative estimate of drug-likeness (QED) is 0.594. The number of methoxy groups -OCH3 is 1. The number of nitrogen functional groups attached to an aromatic ring is 1. The summed E-state index contributed by atoms with van der Waals surface area (Å²) < 4.78 is 18.2. The molecule has 4 N–H and O–H groups in total. The molecular formula is C12H11Cl2FN4O. The number of rotatable bonds is 4. The number of pyridine rings is 1. The zero-order valence-electron chi connectivity index (χ0n) is 10.4. The molecule has 0 saturated carbocycles. The number of anilines is 3. The predicted molar refractivity (Wildman–Crippen MR) is 78.3 cm³/mol. The summed E-state index contributed by atoms with van der Waals surface area (Å²) in [5.41, 5.74) is 2.86. The summed E-state index contributed by atoms with van der Waals surface area (Å²) in [5.74, 6) is 5.78. The maximum absolute atomic E-state index is 13.1. The van der Waals surface area contributed by atoms with Crippen molar-refractivity contribution in [3.63, 3.8) is 0 Å². The third-order valence-electron chi connectivity index (χ3n) is 2.48. The molecule has 5 nitrogen and oxygen atoms in total. The topological polar surface area (TPSA) is 72.2 Å². The normalized spacial score (nSPS) is 10.2. The van der Waals surface area contributed by atoms with Gasteiger partial charge in [0, 0.05) is 6.07 Å². The average molecular weight is 317 g/mol. The minimum atomic E-state index is -0.410. The molecule has 0 fully saturated rings. The first kappa shape index (κ1) is 14.6. The Morgan fingerprint density at radius 1 is 1.20 bits per heavy atom. The van der Waals surface area contributed by atoms with Crippen LogP contribution < -0.4 is 21.3 Å². The molecular weight excluding hydrogens is 306 g/mol. The van der Waals surface area contributed by atoms with E-state index in [1.54, 1.807) is 0 Å². The van der Waals surface area contributed by atoms with Gasteiger partial charge in [-0.05, 0) is 18.2 Å². The molecule has 0 radical (unpaired) electrons. The standard InChI is InChI=1S/C12H11Cl2FN4O/c1-20-10-4-6(15)2-3-9(10)17-11-7(13)5-8(14)12(18-11)19-16/h2-5H,16H2,1H3,(H2,17,18,19). The van der Waals surface area contributed by atoms with Crippen LogP contribution in [0.5, 0.6) is 5.75 Å². The van der Waals surface area contributed by atoms with E-state index in [1.807, 2.05) is 0 Å². The fraction of sp³-hybridized carbons (Fsp3) is 0.0833. The van der Waals surface area contributed by atoms with Crippen molar-refractivity contribution in [3.05, 3.63) is 40.1 Å². The molecule has 20 heavy (non-hydrogen) atoms. The highest BCUT2D eigenvalue weighted by atomic mass is 35.5. The smallest absolute Gasteiger partial charge is 0.161 e. The molecule has 0 aliphatic heterocycles. The molecule has 1 aromatic heterocycles. The largest absolute Gasteiger partial charge is 0.494 e.